The van der Waals surface area contributed by atoms with Crippen LogP contribution in [0.5, 0.6) is 0 Å². The Labute approximate surface area is 110 Å². The summed E-state index contributed by atoms with van der Waals surface area (Å²) in [5.41, 5.74) is 1.06. The van der Waals surface area contributed by atoms with E-state index < -0.39 is 0 Å². The van der Waals surface area contributed by atoms with Gasteiger partial charge in [-0.3, -0.25) is 0 Å². The number of aromatic nitrogens is 3. The van der Waals surface area contributed by atoms with Crippen molar-refractivity contribution in [2.75, 3.05) is 6.54 Å². The Hall–Kier alpha value is -0.900. The molecule has 2 unspecified atom stereocenters. The number of nitrogens with zero attached hydrogens (tertiary/aromatic N) is 3. The number of nitrogens with one attached hydrogen (secondary N) is 1. The van der Waals surface area contributed by atoms with Crippen molar-refractivity contribution in [3.05, 3.63) is 11.9 Å². The van der Waals surface area contributed by atoms with Crippen LogP contribution in [0, 0.1) is 11.8 Å². The third-order valence-electron chi connectivity index (χ3n) is 3.77. The summed E-state index contributed by atoms with van der Waals surface area (Å²) in [5.74, 6) is 1.77. The molecule has 1 heterocycles. The lowest BCUT2D eigenvalue weighted by molar-refractivity contribution is 0.346. The predicted octanol–water partition coefficient (Wildman–Crippen LogP) is 2.56. The van der Waals surface area contributed by atoms with Gasteiger partial charge in [-0.2, -0.15) is 0 Å². The summed E-state index contributed by atoms with van der Waals surface area (Å²) in [4.78, 5) is 0. The maximum atomic E-state index is 4.21. The molecule has 2 rings (SSSR count). The molecule has 1 aromatic heterocycles. The van der Waals surface area contributed by atoms with Gasteiger partial charge in [-0.15, -0.1) is 5.10 Å². The Bertz CT molecular complexity index is 377. The van der Waals surface area contributed by atoms with Crippen molar-refractivity contribution in [1.82, 2.24) is 20.3 Å². The van der Waals surface area contributed by atoms with Gasteiger partial charge in [0.2, 0.25) is 0 Å². The summed E-state index contributed by atoms with van der Waals surface area (Å²) in [6, 6.07) is 0. The zero-order valence-electron chi connectivity index (χ0n) is 12.1. The van der Waals surface area contributed by atoms with Gasteiger partial charge < -0.3 is 5.32 Å². The molecule has 0 amide bonds. The molecule has 0 aromatic carbocycles. The molecule has 4 nitrogen and oxygen atoms in total. The normalized spacial score (nSPS) is 24.7. The van der Waals surface area contributed by atoms with Crippen LogP contribution in [0.4, 0.5) is 0 Å². The van der Waals surface area contributed by atoms with Gasteiger partial charge in [0.05, 0.1) is 17.4 Å². The largest absolute Gasteiger partial charge is 0.311 e. The average Bonchev–Trinajstić information content (AvgIpc) is 2.87. The second kappa shape index (κ2) is 5.39. The molecule has 1 saturated carbocycles. The number of hydrogen-bond acceptors (Lipinski definition) is 3. The van der Waals surface area contributed by atoms with E-state index in [4.69, 9.17) is 0 Å². The van der Waals surface area contributed by atoms with E-state index in [0.29, 0.717) is 0 Å². The van der Waals surface area contributed by atoms with Gasteiger partial charge in [0.15, 0.2) is 0 Å². The molecule has 0 saturated heterocycles. The number of hydrogen-bond donors (Lipinski definition) is 1. The quantitative estimate of drug-likeness (QED) is 0.893. The lowest BCUT2D eigenvalue weighted by Gasteiger charge is -2.17. The van der Waals surface area contributed by atoms with Crippen LogP contribution >= 0.6 is 0 Å². The SMILES string of the molecule is CC1CCC(CNCc2cn(C(C)(C)C)nn2)C1. The third-order valence-corrected chi connectivity index (χ3v) is 3.77. The minimum absolute atomic E-state index is 0.0200. The smallest absolute Gasteiger partial charge is 0.0965 e. The van der Waals surface area contributed by atoms with E-state index in [1.54, 1.807) is 0 Å². The monoisotopic (exact) mass is 250 g/mol. The first-order valence-corrected chi connectivity index (χ1v) is 7.07. The van der Waals surface area contributed by atoms with Crippen LogP contribution in [0.3, 0.4) is 0 Å². The molecule has 102 valence electrons. The lowest BCUT2D eigenvalue weighted by Crippen LogP contribution is -2.22. The third kappa shape index (κ3) is 3.55. The van der Waals surface area contributed by atoms with E-state index >= 15 is 0 Å². The minimum atomic E-state index is 0.0200. The summed E-state index contributed by atoms with van der Waals surface area (Å²) in [6.07, 6.45) is 6.20. The first-order valence-electron chi connectivity index (χ1n) is 7.07. The molecule has 18 heavy (non-hydrogen) atoms. The first kappa shape index (κ1) is 13.5. The van der Waals surface area contributed by atoms with Crippen LogP contribution in [-0.2, 0) is 12.1 Å². The molecule has 2 atom stereocenters. The Morgan fingerprint density at radius 3 is 2.72 bits per heavy atom. The fourth-order valence-corrected chi connectivity index (χ4v) is 2.62. The minimum Gasteiger partial charge on any atom is -0.311 e. The van der Waals surface area contributed by atoms with Gasteiger partial charge >= 0.3 is 0 Å². The van der Waals surface area contributed by atoms with Crippen molar-refractivity contribution in [3.8, 4) is 0 Å². The Balaban J connectivity index is 1.75. The number of rotatable bonds is 4. The molecule has 0 spiro atoms. The van der Waals surface area contributed by atoms with Gasteiger partial charge in [-0.25, -0.2) is 4.68 Å². The maximum Gasteiger partial charge on any atom is 0.0965 e. The summed E-state index contributed by atoms with van der Waals surface area (Å²) < 4.78 is 1.93. The molecule has 1 N–H and O–H groups in total. The zero-order chi connectivity index (χ0) is 13.2. The van der Waals surface area contributed by atoms with Crippen molar-refractivity contribution in [2.45, 2.75) is 59.0 Å². The Morgan fingerprint density at radius 1 is 1.39 bits per heavy atom. The average molecular weight is 250 g/mol. The Morgan fingerprint density at radius 2 is 2.17 bits per heavy atom. The molecular formula is C14H26N4. The molecule has 1 fully saturated rings. The van der Waals surface area contributed by atoms with Gasteiger partial charge in [-0.1, -0.05) is 18.6 Å². The molecule has 4 heteroatoms. The fourth-order valence-electron chi connectivity index (χ4n) is 2.62. The van der Waals surface area contributed by atoms with Crippen LogP contribution in [0.15, 0.2) is 6.20 Å². The first-order chi connectivity index (χ1) is 8.45. The van der Waals surface area contributed by atoms with E-state index in [1.807, 2.05) is 10.9 Å². The van der Waals surface area contributed by atoms with Crippen LogP contribution in [0.2, 0.25) is 0 Å². The molecule has 0 bridgehead atoms. The highest BCUT2D eigenvalue weighted by Gasteiger charge is 2.21. The molecule has 0 radical (unpaired) electrons. The lowest BCUT2D eigenvalue weighted by atomic mass is 10.1. The second-order valence-electron chi connectivity index (χ2n) is 6.74. The molecule has 0 aliphatic heterocycles. The Kier molecular flexibility index (Phi) is 4.05. The highest BCUT2D eigenvalue weighted by molar-refractivity contribution is 4.94. The molecule has 1 aliphatic carbocycles. The van der Waals surface area contributed by atoms with Crippen molar-refractivity contribution >= 4 is 0 Å². The van der Waals surface area contributed by atoms with Crippen LogP contribution in [0.1, 0.15) is 52.7 Å². The van der Waals surface area contributed by atoms with E-state index in [9.17, 15) is 0 Å². The van der Waals surface area contributed by atoms with Crippen molar-refractivity contribution in [2.24, 2.45) is 11.8 Å². The van der Waals surface area contributed by atoms with E-state index in [-0.39, 0.29) is 5.54 Å². The molecule has 1 aromatic rings. The maximum absolute atomic E-state index is 4.21. The topological polar surface area (TPSA) is 42.7 Å². The highest BCUT2D eigenvalue weighted by Crippen LogP contribution is 2.29. The predicted molar refractivity (Wildman–Crippen MR) is 73.2 cm³/mol. The summed E-state index contributed by atoms with van der Waals surface area (Å²) >= 11 is 0. The molecular weight excluding hydrogens is 224 g/mol. The summed E-state index contributed by atoms with van der Waals surface area (Å²) in [5, 5.41) is 11.9. The molecule has 1 aliphatic rings. The highest BCUT2D eigenvalue weighted by atomic mass is 15.4. The van der Waals surface area contributed by atoms with Crippen LogP contribution in [-0.4, -0.2) is 21.5 Å². The van der Waals surface area contributed by atoms with Gasteiger partial charge in [0, 0.05) is 6.54 Å². The van der Waals surface area contributed by atoms with Crippen LogP contribution < -0.4 is 5.32 Å². The van der Waals surface area contributed by atoms with Gasteiger partial charge in [-0.05, 0) is 52.0 Å². The standard InChI is InChI=1S/C14H26N4/c1-11-5-6-12(7-11)8-15-9-13-10-18(17-16-13)14(2,3)4/h10-12,15H,5-9H2,1-4H3. The second-order valence-corrected chi connectivity index (χ2v) is 6.74. The van der Waals surface area contributed by atoms with E-state index in [0.717, 1.165) is 30.6 Å². The fraction of sp³-hybridized carbons (Fsp3) is 0.857. The zero-order valence-corrected chi connectivity index (χ0v) is 12.1. The van der Waals surface area contributed by atoms with Gasteiger partial charge in [0.25, 0.3) is 0 Å². The van der Waals surface area contributed by atoms with E-state index in [1.165, 1.54) is 19.3 Å². The summed E-state index contributed by atoms with van der Waals surface area (Å²) in [7, 11) is 0. The van der Waals surface area contributed by atoms with Crippen LogP contribution in [0.25, 0.3) is 0 Å². The van der Waals surface area contributed by atoms with Crippen molar-refractivity contribution < 1.29 is 0 Å². The van der Waals surface area contributed by atoms with Crippen molar-refractivity contribution in [3.63, 3.8) is 0 Å². The van der Waals surface area contributed by atoms with E-state index in [2.05, 4.69) is 43.3 Å². The summed E-state index contributed by atoms with van der Waals surface area (Å²) in [6.45, 7) is 10.7. The van der Waals surface area contributed by atoms with Gasteiger partial charge in [0.1, 0.15) is 0 Å². The van der Waals surface area contributed by atoms with Crippen molar-refractivity contribution in [1.29, 1.82) is 0 Å².